The fourth-order valence-corrected chi connectivity index (χ4v) is 1.44. The minimum absolute atomic E-state index is 0.108. The normalized spacial score (nSPS) is 14.2. The molecule has 0 aromatic rings. The molecular weight excluding hydrogens is 262 g/mol. The third-order valence-electron chi connectivity index (χ3n) is 2.55. The largest absolute Gasteiger partial charge is 0.465 e. The summed E-state index contributed by atoms with van der Waals surface area (Å²) in [4.78, 5) is 14.4. The maximum Gasteiger partial charge on any atom is 0.311 e. The fourth-order valence-electron chi connectivity index (χ4n) is 1.44. The van der Waals surface area contributed by atoms with Crippen LogP contribution in [0.2, 0.25) is 0 Å². The van der Waals surface area contributed by atoms with Crippen molar-refractivity contribution in [3.05, 3.63) is 10.4 Å². The van der Waals surface area contributed by atoms with Crippen molar-refractivity contribution in [2.75, 3.05) is 27.1 Å². The van der Waals surface area contributed by atoms with Crippen LogP contribution in [0.15, 0.2) is 5.11 Å². The number of esters is 1. The number of hydrogen-bond acceptors (Lipinski definition) is 5. The van der Waals surface area contributed by atoms with Gasteiger partial charge in [0.15, 0.2) is 0 Å². The Labute approximate surface area is 120 Å². The molecule has 0 saturated heterocycles. The molecule has 0 radical (unpaired) electrons. The molecule has 0 spiro atoms. The van der Waals surface area contributed by atoms with Crippen LogP contribution in [0, 0.1) is 11.3 Å². The Morgan fingerprint density at radius 1 is 1.40 bits per heavy atom. The van der Waals surface area contributed by atoms with Gasteiger partial charge in [-0.1, -0.05) is 12.0 Å². The van der Waals surface area contributed by atoms with Crippen molar-refractivity contribution in [2.24, 2.45) is 16.4 Å². The first-order chi connectivity index (χ1) is 9.31. The maximum absolute atomic E-state index is 11.7. The average Bonchev–Trinajstić information content (AvgIpc) is 2.37. The minimum Gasteiger partial charge on any atom is -0.465 e. The molecule has 2 atom stereocenters. The van der Waals surface area contributed by atoms with Gasteiger partial charge in [-0.3, -0.25) is 4.79 Å². The molecule has 0 N–H and O–H groups in total. The van der Waals surface area contributed by atoms with Crippen molar-refractivity contribution < 1.29 is 19.0 Å². The number of carbonyl (C=O) groups excluding carboxylic acids is 1. The van der Waals surface area contributed by atoms with E-state index in [1.807, 2.05) is 27.7 Å². The highest BCUT2D eigenvalue weighted by Crippen LogP contribution is 2.17. The summed E-state index contributed by atoms with van der Waals surface area (Å²) in [7, 11) is 1.53. The van der Waals surface area contributed by atoms with E-state index in [-0.39, 0.29) is 31.3 Å². The number of nitrogens with zero attached hydrogens (tertiary/aromatic N) is 3. The fraction of sp³-hybridized carbons (Fsp3) is 0.923. The van der Waals surface area contributed by atoms with Gasteiger partial charge in [0, 0.05) is 12.0 Å². The van der Waals surface area contributed by atoms with Gasteiger partial charge in [-0.15, -0.1) is 0 Å². The third-order valence-corrected chi connectivity index (χ3v) is 2.55. The van der Waals surface area contributed by atoms with E-state index in [2.05, 4.69) is 10.0 Å². The summed E-state index contributed by atoms with van der Waals surface area (Å²) < 4.78 is 15.5. The molecule has 116 valence electrons. The lowest BCUT2D eigenvalue weighted by Crippen LogP contribution is -2.27. The number of carbonyl (C=O) groups is 1. The maximum atomic E-state index is 11.7. The molecule has 0 rings (SSSR count). The predicted octanol–water partition coefficient (Wildman–Crippen LogP) is 2.90. The van der Waals surface area contributed by atoms with Crippen LogP contribution in [0.4, 0.5) is 0 Å². The molecule has 0 unspecified atom stereocenters. The van der Waals surface area contributed by atoms with Crippen molar-refractivity contribution in [1.29, 1.82) is 0 Å². The number of hydrogen-bond donors (Lipinski definition) is 0. The molecule has 0 aromatic heterocycles. The highest BCUT2D eigenvalue weighted by Gasteiger charge is 2.24. The Balaban J connectivity index is 4.20. The van der Waals surface area contributed by atoms with E-state index >= 15 is 0 Å². The molecule has 0 aliphatic rings. The van der Waals surface area contributed by atoms with Crippen LogP contribution in [0.3, 0.4) is 0 Å². The van der Waals surface area contributed by atoms with Crippen molar-refractivity contribution >= 4 is 5.97 Å². The SMILES string of the molecule is COCO[C@@H](CN=[N+]=[N-])C[C@H](C)COC(=O)C(C)(C)C. The molecule has 0 bridgehead atoms. The smallest absolute Gasteiger partial charge is 0.311 e. The highest BCUT2D eigenvalue weighted by molar-refractivity contribution is 5.75. The average molecular weight is 287 g/mol. The standard InChI is InChI=1S/C13H25N3O4/c1-10(8-19-12(17)13(2,3)4)6-11(7-15-16-14)20-9-18-5/h10-11H,6-9H2,1-5H3/t10-,11+/m0/s1. The molecule has 0 heterocycles. The van der Waals surface area contributed by atoms with Crippen LogP contribution in [0.5, 0.6) is 0 Å². The Kier molecular flexibility index (Phi) is 8.96. The zero-order valence-electron chi connectivity index (χ0n) is 13.0. The first-order valence-corrected chi connectivity index (χ1v) is 6.59. The molecule has 20 heavy (non-hydrogen) atoms. The van der Waals surface area contributed by atoms with Gasteiger partial charge >= 0.3 is 5.97 Å². The molecule has 0 aliphatic carbocycles. The Morgan fingerprint density at radius 2 is 2.05 bits per heavy atom. The van der Waals surface area contributed by atoms with Crippen LogP contribution in [-0.4, -0.2) is 39.1 Å². The number of rotatable bonds is 9. The van der Waals surface area contributed by atoms with Crippen LogP contribution in [0.25, 0.3) is 10.4 Å². The summed E-state index contributed by atoms with van der Waals surface area (Å²) in [6, 6.07) is 0. The summed E-state index contributed by atoms with van der Waals surface area (Å²) in [6.45, 7) is 8.08. The van der Waals surface area contributed by atoms with Gasteiger partial charge < -0.3 is 14.2 Å². The van der Waals surface area contributed by atoms with Gasteiger partial charge in [0.25, 0.3) is 0 Å². The van der Waals surface area contributed by atoms with Gasteiger partial charge in [0.05, 0.1) is 24.7 Å². The van der Waals surface area contributed by atoms with Crippen LogP contribution in [0.1, 0.15) is 34.1 Å². The summed E-state index contributed by atoms with van der Waals surface area (Å²) in [5, 5.41) is 3.50. The topological polar surface area (TPSA) is 93.5 Å². The molecule has 0 aromatic carbocycles. The molecule has 7 heteroatoms. The highest BCUT2D eigenvalue weighted by atomic mass is 16.7. The van der Waals surface area contributed by atoms with Gasteiger partial charge in [-0.25, -0.2) is 0 Å². The van der Waals surface area contributed by atoms with E-state index < -0.39 is 5.41 Å². The third kappa shape index (κ3) is 8.74. The van der Waals surface area contributed by atoms with Crippen molar-refractivity contribution in [3.63, 3.8) is 0 Å². The van der Waals surface area contributed by atoms with Crippen molar-refractivity contribution in [2.45, 2.75) is 40.2 Å². The van der Waals surface area contributed by atoms with Gasteiger partial charge in [0.2, 0.25) is 0 Å². The minimum atomic E-state index is -0.503. The van der Waals surface area contributed by atoms with Gasteiger partial charge in [-0.2, -0.15) is 0 Å². The van der Waals surface area contributed by atoms with E-state index in [1.54, 1.807) is 0 Å². The van der Waals surface area contributed by atoms with Gasteiger partial charge in [0.1, 0.15) is 6.79 Å². The van der Waals surface area contributed by atoms with Crippen LogP contribution < -0.4 is 0 Å². The first-order valence-electron chi connectivity index (χ1n) is 6.59. The zero-order chi connectivity index (χ0) is 15.6. The number of ether oxygens (including phenoxy) is 3. The summed E-state index contributed by atoms with van der Waals surface area (Å²) in [6.07, 6.45) is 0.383. The number of methoxy groups -OCH3 is 1. The summed E-state index contributed by atoms with van der Waals surface area (Å²) >= 11 is 0. The van der Waals surface area contributed by atoms with E-state index in [9.17, 15) is 4.79 Å². The molecule has 0 amide bonds. The van der Waals surface area contributed by atoms with Gasteiger partial charge in [-0.05, 0) is 38.6 Å². The van der Waals surface area contributed by atoms with Crippen LogP contribution >= 0.6 is 0 Å². The lowest BCUT2D eigenvalue weighted by atomic mass is 9.97. The van der Waals surface area contributed by atoms with E-state index in [0.29, 0.717) is 13.0 Å². The molecule has 0 fully saturated rings. The van der Waals surface area contributed by atoms with E-state index in [0.717, 1.165) is 0 Å². The second-order valence-corrected chi connectivity index (χ2v) is 5.80. The monoisotopic (exact) mass is 287 g/mol. The summed E-state index contributed by atoms with van der Waals surface area (Å²) in [5.74, 6) is -0.120. The second-order valence-electron chi connectivity index (χ2n) is 5.80. The molecule has 0 aliphatic heterocycles. The van der Waals surface area contributed by atoms with Crippen molar-refractivity contribution in [1.82, 2.24) is 0 Å². The first kappa shape index (κ1) is 18.7. The summed E-state index contributed by atoms with van der Waals surface area (Å²) in [5.41, 5.74) is 7.84. The lowest BCUT2D eigenvalue weighted by Gasteiger charge is -2.22. The Morgan fingerprint density at radius 3 is 2.55 bits per heavy atom. The van der Waals surface area contributed by atoms with E-state index in [1.165, 1.54) is 7.11 Å². The molecule has 7 nitrogen and oxygen atoms in total. The van der Waals surface area contributed by atoms with Crippen molar-refractivity contribution in [3.8, 4) is 0 Å². The second kappa shape index (κ2) is 9.58. The quantitative estimate of drug-likeness (QED) is 0.214. The molecular formula is C13H25N3O4. The number of azide groups is 1. The lowest BCUT2D eigenvalue weighted by molar-refractivity contribution is -0.154. The Bertz CT molecular complexity index is 335. The predicted molar refractivity (Wildman–Crippen MR) is 75.0 cm³/mol. The van der Waals surface area contributed by atoms with E-state index in [4.69, 9.17) is 19.7 Å². The zero-order valence-corrected chi connectivity index (χ0v) is 13.0. The van der Waals surface area contributed by atoms with Crippen LogP contribution in [-0.2, 0) is 19.0 Å². The molecule has 0 saturated carbocycles. The Hall–Kier alpha value is -1.30.